The highest BCUT2D eigenvalue weighted by molar-refractivity contribution is 6.00. The summed E-state index contributed by atoms with van der Waals surface area (Å²) in [4.78, 5) is 13.2. The first kappa shape index (κ1) is 18.7. The van der Waals surface area contributed by atoms with E-state index in [1.54, 1.807) is 7.11 Å². The monoisotopic (exact) mass is 399 g/mol. The topological polar surface area (TPSA) is 56.1 Å². The van der Waals surface area contributed by atoms with Crippen LogP contribution < -0.4 is 10.1 Å². The van der Waals surface area contributed by atoms with Gasteiger partial charge in [-0.3, -0.25) is 4.79 Å². The van der Waals surface area contributed by atoms with Gasteiger partial charge in [-0.2, -0.15) is 5.10 Å². The Kier molecular flexibility index (Phi) is 4.46. The van der Waals surface area contributed by atoms with Crippen molar-refractivity contribution in [3.8, 4) is 16.9 Å². The zero-order chi connectivity index (χ0) is 20.8. The number of ether oxygens (including phenoxy) is 1. The number of fused-ring (bicyclic) bond motifs is 1. The summed E-state index contributed by atoms with van der Waals surface area (Å²) in [6, 6.07) is 18.0. The number of hydrogen-bond donors (Lipinski definition) is 1. The lowest BCUT2D eigenvalue weighted by Gasteiger charge is -2.35. The number of methoxy groups -OCH3 is 1. The van der Waals surface area contributed by atoms with Gasteiger partial charge >= 0.3 is 0 Å². The van der Waals surface area contributed by atoms with Gasteiger partial charge in [0.1, 0.15) is 17.6 Å². The number of carbonyl (C=O) groups is 1. The van der Waals surface area contributed by atoms with Gasteiger partial charge in [0, 0.05) is 23.3 Å². The summed E-state index contributed by atoms with van der Waals surface area (Å²) in [5.41, 5.74) is 6.07. The third kappa shape index (κ3) is 2.93. The van der Waals surface area contributed by atoms with Gasteiger partial charge in [0.2, 0.25) is 0 Å². The van der Waals surface area contributed by atoms with E-state index < -0.39 is 0 Å². The number of allylic oxidation sites excluding steroid dienone is 2. The van der Waals surface area contributed by atoms with E-state index in [2.05, 4.69) is 24.4 Å². The molecule has 5 nitrogen and oxygen atoms in total. The van der Waals surface area contributed by atoms with Crippen molar-refractivity contribution < 1.29 is 9.53 Å². The zero-order valence-electron chi connectivity index (χ0n) is 17.5. The minimum Gasteiger partial charge on any atom is -0.497 e. The van der Waals surface area contributed by atoms with E-state index >= 15 is 0 Å². The van der Waals surface area contributed by atoms with E-state index in [-0.39, 0.29) is 11.8 Å². The van der Waals surface area contributed by atoms with Crippen LogP contribution in [0.4, 0.5) is 5.82 Å². The van der Waals surface area contributed by atoms with Crippen LogP contribution in [0.15, 0.2) is 65.9 Å². The van der Waals surface area contributed by atoms with Crippen LogP contribution >= 0.6 is 0 Å². The molecule has 152 valence electrons. The molecule has 0 saturated heterocycles. The Morgan fingerprint density at radius 3 is 2.50 bits per heavy atom. The standard InChI is InChI=1S/C25H25N3O2/c1-15-13-20-23(21(29)14-15)24(18-9-11-19(30-3)12-10-18)28-25(26-20)22(16(2)27-28)17-7-5-4-6-8-17/h4-12,15,24,26H,13-14H2,1-3H3/t15-,24-/m0/s1. The molecule has 0 saturated carbocycles. The van der Waals surface area contributed by atoms with E-state index in [1.807, 2.05) is 54.1 Å². The van der Waals surface area contributed by atoms with Gasteiger partial charge in [0.25, 0.3) is 0 Å². The summed E-state index contributed by atoms with van der Waals surface area (Å²) in [6.07, 6.45) is 1.44. The summed E-state index contributed by atoms with van der Waals surface area (Å²) in [5, 5.41) is 8.51. The molecule has 5 heteroatoms. The highest BCUT2D eigenvalue weighted by atomic mass is 16.5. The Balaban J connectivity index is 1.72. The molecule has 0 unspecified atom stereocenters. The average Bonchev–Trinajstić information content (AvgIpc) is 3.08. The fourth-order valence-electron chi connectivity index (χ4n) is 4.73. The predicted octanol–water partition coefficient (Wildman–Crippen LogP) is 5.14. The molecule has 1 aliphatic carbocycles. The number of carbonyl (C=O) groups excluding carboxylic acids is 1. The number of anilines is 1. The molecule has 0 bridgehead atoms. The molecule has 5 rings (SSSR count). The molecule has 1 N–H and O–H groups in total. The SMILES string of the molecule is COc1ccc([C@H]2C3=C(C[C@H](C)CC3=O)Nc3c(-c4ccccc4)c(C)nn32)cc1. The van der Waals surface area contributed by atoms with E-state index in [0.29, 0.717) is 12.3 Å². The van der Waals surface area contributed by atoms with Crippen LogP contribution in [-0.4, -0.2) is 22.7 Å². The maximum atomic E-state index is 13.2. The molecular formula is C25H25N3O2. The molecule has 1 aromatic heterocycles. The summed E-state index contributed by atoms with van der Waals surface area (Å²) < 4.78 is 7.33. The zero-order valence-corrected chi connectivity index (χ0v) is 17.5. The van der Waals surface area contributed by atoms with Crippen molar-refractivity contribution in [3.63, 3.8) is 0 Å². The van der Waals surface area contributed by atoms with Gasteiger partial charge in [-0.1, -0.05) is 49.4 Å². The van der Waals surface area contributed by atoms with Gasteiger partial charge < -0.3 is 10.1 Å². The van der Waals surface area contributed by atoms with Crippen LogP contribution in [0.25, 0.3) is 11.1 Å². The molecule has 2 aliphatic rings. The van der Waals surface area contributed by atoms with Crippen molar-refractivity contribution in [1.82, 2.24) is 9.78 Å². The summed E-state index contributed by atoms with van der Waals surface area (Å²) in [7, 11) is 1.66. The average molecular weight is 399 g/mol. The second-order valence-electron chi connectivity index (χ2n) is 8.25. The normalized spacial score (nSPS) is 20.4. The van der Waals surface area contributed by atoms with Crippen molar-refractivity contribution in [3.05, 3.63) is 77.1 Å². The highest BCUT2D eigenvalue weighted by Crippen LogP contribution is 2.45. The minimum atomic E-state index is -0.238. The van der Waals surface area contributed by atoms with E-state index in [9.17, 15) is 4.79 Å². The summed E-state index contributed by atoms with van der Waals surface area (Å²) in [5.74, 6) is 2.29. The smallest absolute Gasteiger partial charge is 0.163 e. The predicted molar refractivity (Wildman–Crippen MR) is 118 cm³/mol. The van der Waals surface area contributed by atoms with Crippen LogP contribution in [0.3, 0.4) is 0 Å². The fourth-order valence-corrected chi connectivity index (χ4v) is 4.73. The Morgan fingerprint density at radius 2 is 1.80 bits per heavy atom. The van der Waals surface area contributed by atoms with Gasteiger partial charge in [0.05, 0.1) is 12.8 Å². The van der Waals surface area contributed by atoms with Crippen molar-refractivity contribution in [2.24, 2.45) is 5.92 Å². The number of aromatic nitrogens is 2. The van der Waals surface area contributed by atoms with Crippen LogP contribution in [0.2, 0.25) is 0 Å². The molecule has 0 amide bonds. The second-order valence-corrected chi connectivity index (χ2v) is 8.25. The highest BCUT2D eigenvalue weighted by Gasteiger charge is 2.39. The van der Waals surface area contributed by atoms with Crippen LogP contribution in [-0.2, 0) is 4.79 Å². The fraction of sp³-hybridized carbons (Fsp3) is 0.280. The van der Waals surface area contributed by atoms with Crippen molar-refractivity contribution in [2.45, 2.75) is 32.7 Å². The van der Waals surface area contributed by atoms with Crippen LogP contribution in [0, 0.1) is 12.8 Å². The van der Waals surface area contributed by atoms with Crippen LogP contribution in [0.1, 0.15) is 37.1 Å². The van der Waals surface area contributed by atoms with E-state index in [0.717, 1.165) is 51.6 Å². The van der Waals surface area contributed by atoms with Gasteiger partial charge in [0.15, 0.2) is 5.78 Å². The molecule has 3 aromatic rings. The summed E-state index contributed by atoms with van der Waals surface area (Å²) in [6.45, 7) is 4.17. The maximum absolute atomic E-state index is 13.2. The number of ketones is 1. The molecule has 2 aromatic carbocycles. The van der Waals surface area contributed by atoms with Gasteiger partial charge in [-0.15, -0.1) is 0 Å². The minimum absolute atomic E-state index is 0.206. The van der Waals surface area contributed by atoms with E-state index in [4.69, 9.17) is 9.84 Å². The number of rotatable bonds is 3. The number of aryl methyl sites for hydroxylation is 1. The first-order chi connectivity index (χ1) is 14.6. The van der Waals surface area contributed by atoms with Crippen molar-refractivity contribution in [2.75, 3.05) is 12.4 Å². The second kappa shape index (κ2) is 7.17. The quantitative estimate of drug-likeness (QED) is 0.663. The first-order valence-electron chi connectivity index (χ1n) is 10.4. The Morgan fingerprint density at radius 1 is 1.07 bits per heavy atom. The molecule has 0 radical (unpaired) electrons. The number of hydrogen-bond acceptors (Lipinski definition) is 4. The largest absolute Gasteiger partial charge is 0.497 e. The Hall–Kier alpha value is -3.34. The molecular weight excluding hydrogens is 374 g/mol. The van der Waals surface area contributed by atoms with E-state index in [1.165, 1.54) is 0 Å². The number of benzene rings is 2. The molecule has 0 spiro atoms. The Labute approximate surface area is 176 Å². The third-order valence-electron chi connectivity index (χ3n) is 6.08. The molecule has 30 heavy (non-hydrogen) atoms. The van der Waals surface area contributed by atoms with Crippen molar-refractivity contribution >= 4 is 11.6 Å². The maximum Gasteiger partial charge on any atom is 0.163 e. The first-order valence-corrected chi connectivity index (χ1v) is 10.4. The lowest BCUT2D eigenvalue weighted by Crippen LogP contribution is -2.33. The van der Waals surface area contributed by atoms with Crippen LogP contribution in [0.5, 0.6) is 5.75 Å². The molecule has 1 aliphatic heterocycles. The Bertz CT molecular complexity index is 1140. The van der Waals surface area contributed by atoms with Gasteiger partial charge in [-0.25, -0.2) is 4.68 Å². The number of nitrogens with one attached hydrogen (secondary N) is 1. The van der Waals surface area contributed by atoms with Gasteiger partial charge in [-0.05, 0) is 42.5 Å². The third-order valence-corrected chi connectivity index (χ3v) is 6.08. The molecule has 2 heterocycles. The number of Topliss-reactive ketones (excluding diaryl/α,β-unsaturated/α-hetero) is 1. The molecule has 2 atom stereocenters. The lowest BCUT2D eigenvalue weighted by molar-refractivity contribution is -0.117. The summed E-state index contributed by atoms with van der Waals surface area (Å²) >= 11 is 0. The number of nitrogens with zero attached hydrogens (tertiary/aromatic N) is 2. The molecule has 0 fully saturated rings. The lowest BCUT2D eigenvalue weighted by atomic mass is 9.81. The van der Waals surface area contributed by atoms with Crippen molar-refractivity contribution in [1.29, 1.82) is 0 Å².